The van der Waals surface area contributed by atoms with E-state index in [1.165, 1.54) is 0 Å². The van der Waals surface area contributed by atoms with E-state index in [4.69, 9.17) is 10.5 Å². The van der Waals surface area contributed by atoms with Gasteiger partial charge in [-0.05, 0) is 30.5 Å². The van der Waals surface area contributed by atoms with E-state index in [9.17, 15) is 4.79 Å². The highest BCUT2D eigenvalue weighted by atomic mass is 16.5. The van der Waals surface area contributed by atoms with Crippen molar-refractivity contribution >= 4 is 5.91 Å². The van der Waals surface area contributed by atoms with Gasteiger partial charge < -0.3 is 15.8 Å². The molecule has 1 aliphatic carbocycles. The minimum Gasteiger partial charge on any atom is -0.490 e. The maximum Gasteiger partial charge on any atom is 0.221 e. The number of primary amides is 1. The average molecular weight is 262 g/mol. The third-order valence-corrected chi connectivity index (χ3v) is 3.24. The Bertz CT molecular complexity index is 440. The molecule has 1 aliphatic rings. The number of nitrogens with one attached hydrogen (secondary N) is 1. The van der Waals surface area contributed by atoms with Gasteiger partial charge in [0.25, 0.3) is 0 Å². The molecule has 0 aliphatic heterocycles. The molecule has 0 unspecified atom stereocenters. The Morgan fingerprint density at radius 2 is 2.21 bits per heavy atom. The van der Waals surface area contributed by atoms with Crippen molar-refractivity contribution < 1.29 is 9.53 Å². The topological polar surface area (TPSA) is 64.3 Å². The molecule has 4 heteroatoms. The standard InChI is InChI=1S/C15H22N2O2/c1-10(2)17-12-8-14(9-12)19-13-5-3-4-11(6-13)7-15(16)18/h3-6,10,12,14,17H,7-9H2,1-2H3,(H2,16,18). The summed E-state index contributed by atoms with van der Waals surface area (Å²) in [5, 5.41) is 3.49. The van der Waals surface area contributed by atoms with E-state index in [0.717, 1.165) is 24.2 Å². The molecule has 1 amide bonds. The summed E-state index contributed by atoms with van der Waals surface area (Å²) in [5.41, 5.74) is 6.09. The molecule has 0 aromatic heterocycles. The van der Waals surface area contributed by atoms with E-state index < -0.39 is 0 Å². The molecule has 3 N–H and O–H groups in total. The number of nitrogens with two attached hydrogens (primary N) is 1. The van der Waals surface area contributed by atoms with E-state index in [0.29, 0.717) is 12.1 Å². The van der Waals surface area contributed by atoms with Crippen LogP contribution >= 0.6 is 0 Å². The maximum atomic E-state index is 10.9. The van der Waals surface area contributed by atoms with Gasteiger partial charge in [-0.25, -0.2) is 0 Å². The number of hydrogen-bond donors (Lipinski definition) is 2. The Morgan fingerprint density at radius 3 is 2.84 bits per heavy atom. The van der Waals surface area contributed by atoms with Gasteiger partial charge in [-0.3, -0.25) is 4.79 Å². The second-order valence-electron chi connectivity index (χ2n) is 5.52. The lowest BCUT2D eigenvalue weighted by molar-refractivity contribution is -0.117. The molecule has 1 aromatic rings. The van der Waals surface area contributed by atoms with Crippen LogP contribution < -0.4 is 15.8 Å². The normalized spacial score (nSPS) is 22.1. The molecule has 104 valence electrons. The van der Waals surface area contributed by atoms with Crippen LogP contribution in [0.15, 0.2) is 24.3 Å². The molecule has 0 heterocycles. The zero-order chi connectivity index (χ0) is 13.8. The van der Waals surface area contributed by atoms with Crippen LogP contribution in [0.25, 0.3) is 0 Å². The number of carbonyl (C=O) groups is 1. The zero-order valence-corrected chi connectivity index (χ0v) is 11.6. The molecular weight excluding hydrogens is 240 g/mol. The van der Waals surface area contributed by atoms with Gasteiger partial charge in [0, 0.05) is 12.1 Å². The molecule has 1 fully saturated rings. The second kappa shape index (κ2) is 6.06. The summed E-state index contributed by atoms with van der Waals surface area (Å²) in [6, 6.07) is 8.70. The van der Waals surface area contributed by atoms with Gasteiger partial charge in [-0.15, -0.1) is 0 Å². The van der Waals surface area contributed by atoms with E-state index in [1.54, 1.807) is 0 Å². The molecule has 0 radical (unpaired) electrons. The summed E-state index contributed by atoms with van der Waals surface area (Å²) in [6.45, 7) is 4.31. The third kappa shape index (κ3) is 4.24. The van der Waals surface area contributed by atoms with Crippen LogP contribution in [-0.4, -0.2) is 24.1 Å². The molecule has 2 rings (SSSR count). The Hall–Kier alpha value is -1.55. The molecule has 0 saturated heterocycles. The smallest absolute Gasteiger partial charge is 0.221 e. The lowest BCUT2D eigenvalue weighted by atomic mass is 9.88. The highest BCUT2D eigenvalue weighted by molar-refractivity contribution is 5.76. The maximum absolute atomic E-state index is 10.9. The number of rotatable bonds is 6. The predicted molar refractivity (Wildman–Crippen MR) is 75.1 cm³/mol. The molecule has 1 aromatic carbocycles. The first-order valence-electron chi connectivity index (χ1n) is 6.83. The number of benzene rings is 1. The van der Waals surface area contributed by atoms with E-state index in [1.807, 2.05) is 24.3 Å². The minimum absolute atomic E-state index is 0.263. The van der Waals surface area contributed by atoms with Crippen LogP contribution in [0.2, 0.25) is 0 Å². The van der Waals surface area contributed by atoms with Gasteiger partial charge >= 0.3 is 0 Å². The Labute approximate surface area is 114 Å². The van der Waals surface area contributed by atoms with Crippen LogP contribution in [0.3, 0.4) is 0 Å². The van der Waals surface area contributed by atoms with Crippen molar-refractivity contribution in [1.82, 2.24) is 5.32 Å². The molecule has 0 spiro atoms. The first-order chi connectivity index (χ1) is 9.02. The highest BCUT2D eigenvalue weighted by Crippen LogP contribution is 2.26. The zero-order valence-electron chi connectivity index (χ0n) is 11.6. The first kappa shape index (κ1) is 13.9. The third-order valence-electron chi connectivity index (χ3n) is 3.24. The molecule has 4 nitrogen and oxygen atoms in total. The second-order valence-corrected chi connectivity index (χ2v) is 5.52. The van der Waals surface area contributed by atoms with Crippen molar-refractivity contribution in [3.8, 4) is 5.75 Å². The van der Waals surface area contributed by atoms with Gasteiger partial charge in [0.15, 0.2) is 0 Å². The lowest BCUT2D eigenvalue weighted by Gasteiger charge is -2.37. The fourth-order valence-corrected chi connectivity index (χ4v) is 2.39. The molecule has 0 bridgehead atoms. The Kier molecular flexibility index (Phi) is 4.43. The van der Waals surface area contributed by atoms with Crippen molar-refractivity contribution in [3.63, 3.8) is 0 Å². The number of carbonyl (C=O) groups excluding carboxylic acids is 1. The van der Waals surface area contributed by atoms with Crippen LogP contribution in [0, 0.1) is 0 Å². The molecule has 19 heavy (non-hydrogen) atoms. The summed E-state index contributed by atoms with van der Waals surface area (Å²) in [4.78, 5) is 10.9. The van der Waals surface area contributed by atoms with Gasteiger partial charge in [-0.1, -0.05) is 26.0 Å². The monoisotopic (exact) mass is 262 g/mol. The molecule has 0 atom stereocenters. The first-order valence-corrected chi connectivity index (χ1v) is 6.83. The Balaban J connectivity index is 1.82. The van der Waals surface area contributed by atoms with Crippen molar-refractivity contribution in [2.75, 3.05) is 0 Å². The highest BCUT2D eigenvalue weighted by Gasteiger charge is 2.30. The van der Waals surface area contributed by atoms with Crippen LogP contribution in [0.1, 0.15) is 32.3 Å². The summed E-state index contributed by atoms with van der Waals surface area (Å²) in [5.74, 6) is 0.508. The predicted octanol–water partition coefficient (Wildman–Crippen LogP) is 1.62. The quantitative estimate of drug-likeness (QED) is 0.819. The SMILES string of the molecule is CC(C)NC1CC(Oc2cccc(CC(N)=O)c2)C1. The van der Waals surface area contributed by atoms with Gasteiger partial charge in [-0.2, -0.15) is 0 Å². The lowest BCUT2D eigenvalue weighted by Crippen LogP contribution is -2.49. The number of amides is 1. The van der Waals surface area contributed by atoms with Crippen molar-refractivity contribution in [2.24, 2.45) is 5.73 Å². The fraction of sp³-hybridized carbons (Fsp3) is 0.533. The number of ether oxygens (including phenoxy) is 1. The number of hydrogen-bond acceptors (Lipinski definition) is 3. The summed E-state index contributed by atoms with van der Waals surface area (Å²) < 4.78 is 5.89. The summed E-state index contributed by atoms with van der Waals surface area (Å²) in [6.07, 6.45) is 2.62. The van der Waals surface area contributed by atoms with Crippen LogP contribution in [0.5, 0.6) is 5.75 Å². The Morgan fingerprint density at radius 1 is 1.47 bits per heavy atom. The van der Waals surface area contributed by atoms with Crippen molar-refractivity contribution in [3.05, 3.63) is 29.8 Å². The van der Waals surface area contributed by atoms with Crippen molar-refractivity contribution in [1.29, 1.82) is 0 Å². The van der Waals surface area contributed by atoms with Gasteiger partial charge in [0.1, 0.15) is 11.9 Å². The summed E-state index contributed by atoms with van der Waals surface area (Å²) in [7, 11) is 0. The van der Waals surface area contributed by atoms with Crippen LogP contribution in [0.4, 0.5) is 0 Å². The van der Waals surface area contributed by atoms with Crippen LogP contribution in [-0.2, 0) is 11.2 Å². The van der Waals surface area contributed by atoms with E-state index in [2.05, 4.69) is 19.2 Å². The van der Waals surface area contributed by atoms with Gasteiger partial charge in [0.05, 0.1) is 6.42 Å². The molecule has 1 saturated carbocycles. The van der Waals surface area contributed by atoms with E-state index >= 15 is 0 Å². The summed E-state index contributed by atoms with van der Waals surface area (Å²) >= 11 is 0. The minimum atomic E-state index is -0.318. The molecular formula is C15H22N2O2. The van der Waals surface area contributed by atoms with Crippen molar-refractivity contribution in [2.45, 2.75) is 51.3 Å². The fourth-order valence-electron chi connectivity index (χ4n) is 2.39. The van der Waals surface area contributed by atoms with E-state index in [-0.39, 0.29) is 18.4 Å². The average Bonchev–Trinajstić information content (AvgIpc) is 2.25. The van der Waals surface area contributed by atoms with Gasteiger partial charge in [0.2, 0.25) is 5.91 Å². The largest absolute Gasteiger partial charge is 0.490 e.